The number of benzene rings is 1. The van der Waals surface area contributed by atoms with Crippen molar-refractivity contribution in [3.8, 4) is 0 Å². The van der Waals surface area contributed by atoms with E-state index in [1.807, 2.05) is 65.0 Å². The molecule has 2 aliphatic heterocycles. The summed E-state index contributed by atoms with van der Waals surface area (Å²) in [6.07, 6.45) is 2.71. The predicted octanol–water partition coefficient (Wildman–Crippen LogP) is 3.09. The van der Waals surface area contributed by atoms with Gasteiger partial charge in [-0.3, -0.25) is 19.2 Å². The van der Waals surface area contributed by atoms with Gasteiger partial charge in [0.2, 0.25) is 23.6 Å². The third-order valence-corrected chi connectivity index (χ3v) is 11.4. The van der Waals surface area contributed by atoms with Crippen molar-refractivity contribution >= 4 is 29.6 Å². The summed E-state index contributed by atoms with van der Waals surface area (Å²) >= 11 is 0. The van der Waals surface area contributed by atoms with Gasteiger partial charge < -0.3 is 40.0 Å². The van der Waals surface area contributed by atoms with Gasteiger partial charge in [0.05, 0.1) is 49.3 Å². The summed E-state index contributed by atoms with van der Waals surface area (Å²) < 4.78 is 16.9. The standard InChI is InChI=1S/C40H65N5O8/c1-11-26(4)34(44(7)37(48)33(25(2)3)43-39(50)40(6)20-16-21-41-40)31(51-8)24-32(46)45-22-15-19-30(45)35(52-9)27(5)36(47)42-29(38(49)53-10)23-28-17-13-12-14-18-28/h12-14,17-18,25-27,29-31,33-35,41H,11,15-16,19-24H2,1-10H3,(H,42,47)(H,43,50)/t26-,27+,29-,30-,31+,33-,34-,35+,40?/m0/s1. The molecule has 2 heterocycles. The average molecular weight is 744 g/mol. The van der Waals surface area contributed by atoms with Gasteiger partial charge in [0.15, 0.2) is 0 Å². The molecule has 1 aromatic rings. The Kier molecular flexibility index (Phi) is 16.7. The molecule has 9 atom stereocenters. The smallest absolute Gasteiger partial charge is 0.328 e. The first-order valence-corrected chi connectivity index (χ1v) is 19.2. The Morgan fingerprint density at radius 1 is 1.00 bits per heavy atom. The van der Waals surface area contributed by atoms with Gasteiger partial charge in [-0.2, -0.15) is 0 Å². The molecular weight excluding hydrogens is 678 g/mol. The van der Waals surface area contributed by atoms with Gasteiger partial charge >= 0.3 is 5.97 Å². The van der Waals surface area contributed by atoms with Crippen LogP contribution in [0, 0.1) is 17.8 Å². The molecule has 0 bridgehead atoms. The van der Waals surface area contributed by atoms with Gasteiger partial charge in [0, 0.05) is 34.2 Å². The normalized spacial score (nSPS) is 22.6. The van der Waals surface area contributed by atoms with Crippen molar-refractivity contribution in [3.63, 3.8) is 0 Å². The van der Waals surface area contributed by atoms with Crippen LogP contribution >= 0.6 is 0 Å². The number of nitrogens with one attached hydrogen (secondary N) is 3. The first-order valence-electron chi connectivity index (χ1n) is 19.2. The minimum Gasteiger partial charge on any atom is -0.467 e. The number of likely N-dealkylation sites (tertiary alicyclic amines) is 1. The molecule has 1 unspecified atom stereocenters. The zero-order valence-electron chi connectivity index (χ0n) is 33.6. The topological polar surface area (TPSA) is 156 Å². The number of hydrogen-bond donors (Lipinski definition) is 3. The zero-order chi connectivity index (χ0) is 39.5. The SMILES string of the molecule is CC[C@H](C)[C@@H]([C@@H](CC(=O)N1CCC[C@H]1[C@H](OC)[C@@H](C)C(=O)N[C@@H](Cc1ccccc1)C(=O)OC)OC)N(C)C(=O)[C@@H](NC(=O)C1(C)CCCN1)C(C)C. The third kappa shape index (κ3) is 11.0. The van der Waals surface area contributed by atoms with E-state index in [4.69, 9.17) is 14.2 Å². The van der Waals surface area contributed by atoms with Crippen molar-refractivity contribution in [3.05, 3.63) is 35.9 Å². The second kappa shape index (κ2) is 20.2. The number of rotatable bonds is 19. The van der Waals surface area contributed by atoms with Gasteiger partial charge in [0.25, 0.3) is 0 Å². The van der Waals surface area contributed by atoms with Crippen molar-refractivity contribution in [2.75, 3.05) is 41.5 Å². The fourth-order valence-electron chi connectivity index (χ4n) is 7.92. The van der Waals surface area contributed by atoms with Crippen LogP contribution in [0.1, 0.15) is 85.6 Å². The monoisotopic (exact) mass is 743 g/mol. The molecule has 2 saturated heterocycles. The zero-order valence-corrected chi connectivity index (χ0v) is 33.6. The van der Waals surface area contributed by atoms with E-state index < -0.39 is 47.8 Å². The maximum Gasteiger partial charge on any atom is 0.328 e. The van der Waals surface area contributed by atoms with Crippen LogP contribution in [0.15, 0.2) is 30.3 Å². The molecule has 3 N–H and O–H groups in total. The summed E-state index contributed by atoms with van der Waals surface area (Å²) in [7, 11) is 6.10. The van der Waals surface area contributed by atoms with E-state index in [2.05, 4.69) is 16.0 Å². The first-order chi connectivity index (χ1) is 25.1. The Labute approximate surface area is 316 Å². The molecule has 0 radical (unpaired) electrons. The highest BCUT2D eigenvalue weighted by atomic mass is 16.5. The number of hydrogen-bond acceptors (Lipinski definition) is 9. The Morgan fingerprint density at radius 2 is 1.68 bits per heavy atom. The molecule has 1 aromatic carbocycles. The molecular formula is C40H65N5O8. The lowest BCUT2D eigenvalue weighted by atomic mass is 9.89. The minimum absolute atomic E-state index is 0.0127. The largest absolute Gasteiger partial charge is 0.467 e. The number of likely N-dealkylation sites (N-methyl/N-ethyl adjacent to an activating group) is 1. The van der Waals surface area contributed by atoms with E-state index in [0.29, 0.717) is 19.4 Å². The molecule has 0 aliphatic carbocycles. The first kappa shape index (κ1) is 43.9. The van der Waals surface area contributed by atoms with E-state index in [9.17, 15) is 24.0 Å². The molecule has 13 heteroatoms. The molecule has 0 saturated carbocycles. The molecule has 2 aliphatic rings. The fourth-order valence-corrected chi connectivity index (χ4v) is 7.92. The molecule has 0 spiro atoms. The summed E-state index contributed by atoms with van der Waals surface area (Å²) in [4.78, 5) is 71.4. The number of amides is 4. The average Bonchev–Trinajstić information content (AvgIpc) is 3.83. The van der Waals surface area contributed by atoms with Crippen LogP contribution in [-0.4, -0.2) is 123 Å². The van der Waals surface area contributed by atoms with Crippen LogP contribution in [0.3, 0.4) is 0 Å². The number of nitrogens with zero attached hydrogens (tertiary/aromatic N) is 2. The molecule has 13 nitrogen and oxygen atoms in total. The van der Waals surface area contributed by atoms with E-state index in [0.717, 1.165) is 31.4 Å². The fraction of sp³-hybridized carbons (Fsp3) is 0.725. The Morgan fingerprint density at radius 3 is 2.23 bits per heavy atom. The summed E-state index contributed by atoms with van der Waals surface area (Å²) in [6, 6.07) is 6.90. The summed E-state index contributed by atoms with van der Waals surface area (Å²) in [6.45, 7) is 12.8. The van der Waals surface area contributed by atoms with Crippen molar-refractivity contribution < 1.29 is 38.2 Å². The van der Waals surface area contributed by atoms with Crippen molar-refractivity contribution in [2.24, 2.45) is 17.8 Å². The third-order valence-electron chi connectivity index (χ3n) is 11.4. The van der Waals surface area contributed by atoms with Crippen LogP contribution in [0.25, 0.3) is 0 Å². The molecule has 3 rings (SSSR count). The number of carbonyl (C=O) groups is 5. The number of ether oxygens (including phenoxy) is 3. The molecule has 4 amide bonds. The van der Waals surface area contributed by atoms with Gasteiger partial charge in [-0.1, -0.05) is 71.4 Å². The second-order valence-electron chi connectivity index (χ2n) is 15.4. The van der Waals surface area contributed by atoms with E-state index in [1.165, 1.54) is 14.2 Å². The van der Waals surface area contributed by atoms with E-state index in [1.54, 1.807) is 30.9 Å². The predicted molar refractivity (Wildman–Crippen MR) is 203 cm³/mol. The summed E-state index contributed by atoms with van der Waals surface area (Å²) in [5, 5.41) is 9.16. The maximum atomic E-state index is 14.2. The van der Waals surface area contributed by atoms with Crippen LogP contribution in [-0.2, 0) is 44.6 Å². The highest BCUT2D eigenvalue weighted by Gasteiger charge is 2.44. The van der Waals surface area contributed by atoms with Gasteiger partial charge in [-0.15, -0.1) is 0 Å². The molecule has 53 heavy (non-hydrogen) atoms. The number of methoxy groups -OCH3 is 3. The lowest BCUT2D eigenvalue weighted by Crippen LogP contribution is -2.61. The van der Waals surface area contributed by atoms with Crippen molar-refractivity contribution in [1.82, 2.24) is 25.8 Å². The van der Waals surface area contributed by atoms with E-state index in [-0.39, 0.29) is 54.3 Å². The van der Waals surface area contributed by atoms with Gasteiger partial charge in [0.1, 0.15) is 12.1 Å². The highest BCUT2D eigenvalue weighted by molar-refractivity contribution is 5.92. The molecule has 2 fully saturated rings. The lowest BCUT2D eigenvalue weighted by Gasteiger charge is -2.41. The number of esters is 1. The van der Waals surface area contributed by atoms with Crippen molar-refractivity contribution in [2.45, 2.75) is 128 Å². The van der Waals surface area contributed by atoms with Crippen LogP contribution < -0.4 is 16.0 Å². The summed E-state index contributed by atoms with van der Waals surface area (Å²) in [5.41, 5.74) is 0.155. The lowest BCUT2D eigenvalue weighted by molar-refractivity contribution is -0.149. The molecule has 298 valence electrons. The van der Waals surface area contributed by atoms with Crippen LogP contribution in [0.2, 0.25) is 0 Å². The number of carbonyl (C=O) groups excluding carboxylic acids is 5. The second-order valence-corrected chi connectivity index (χ2v) is 15.4. The quantitative estimate of drug-likeness (QED) is 0.181. The summed E-state index contributed by atoms with van der Waals surface area (Å²) in [5.74, 6) is -2.40. The minimum atomic E-state index is -0.887. The van der Waals surface area contributed by atoms with Gasteiger partial charge in [-0.05, 0) is 56.6 Å². The Hall–Kier alpha value is -3.55. The van der Waals surface area contributed by atoms with Crippen LogP contribution in [0.5, 0.6) is 0 Å². The maximum absolute atomic E-state index is 14.2. The highest BCUT2D eigenvalue weighted by Crippen LogP contribution is 2.30. The van der Waals surface area contributed by atoms with E-state index >= 15 is 0 Å². The van der Waals surface area contributed by atoms with Crippen LogP contribution in [0.4, 0.5) is 0 Å². The van der Waals surface area contributed by atoms with Crippen molar-refractivity contribution in [1.29, 1.82) is 0 Å². The Bertz CT molecular complexity index is 1370. The Balaban J connectivity index is 1.77. The van der Waals surface area contributed by atoms with Gasteiger partial charge in [-0.25, -0.2) is 4.79 Å². The molecule has 0 aromatic heterocycles.